The van der Waals surface area contributed by atoms with Crippen molar-refractivity contribution in [2.75, 3.05) is 39.8 Å². The highest BCUT2D eigenvalue weighted by atomic mass is 19.4. The van der Waals surface area contributed by atoms with Gasteiger partial charge in [0.1, 0.15) is 5.75 Å². The zero-order valence-electron chi connectivity index (χ0n) is 24.3. The maximum atomic E-state index is 13.3. The van der Waals surface area contributed by atoms with Gasteiger partial charge in [-0.1, -0.05) is 42.5 Å². The Bertz CT molecular complexity index is 1420. The number of hydrogen-bond acceptors (Lipinski definition) is 4. The van der Waals surface area contributed by atoms with E-state index in [-0.39, 0.29) is 24.2 Å². The summed E-state index contributed by atoms with van der Waals surface area (Å²) >= 11 is 0. The molecular formula is C33H35F6N3O2. The van der Waals surface area contributed by atoms with E-state index in [0.29, 0.717) is 23.9 Å². The van der Waals surface area contributed by atoms with Crippen LogP contribution in [0.2, 0.25) is 0 Å². The second-order valence-corrected chi connectivity index (χ2v) is 11.4. The number of halogens is 6. The molecule has 0 radical (unpaired) electrons. The van der Waals surface area contributed by atoms with Crippen molar-refractivity contribution in [2.24, 2.45) is 0 Å². The van der Waals surface area contributed by atoms with E-state index >= 15 is 0 Å². The highest BCUT2D eigenvalue weighted by Crippen LogP contribution is 2.37. The fourth-order valence-corrected chi connectivity index (χ4v) is 6.36. The third-order valence-corrected chi connectivity index (χ3v) is 8.63. The fraction of sp³-hybridized carbons (Fsp3) is 0.424. The first-order chi connectivity index (χ1) is 20.9. The summed E-state index contributed by atoms with van der Waals surface area (Å²) in [5, 5.41) is 2.77. The van der Waals surface area contributed by atoms with Gasteiger partial charge in [-0.05, 0) is 60.2 Å². The van der Waals surface area contributed by atoms with Crippen LogP contribution >= 0.6 is 0 Å². The van der Waals surface area contributed by atoms with Gasteiger partial charge in [-0.25, -0.2) is 0 Å². The summed E-state index contributed by atoms with van der Waals surface area (Å²) in [7, 11) is 1.55. The van der Waals surface area contributed by atoms with Crippen LogP contribution in [-0.4, -0.2) is 61.6 Å². The Kier molecular flexibility index (Phi) is 9.55. The maximum Gasteiger partial charge on any atom is 0.416 e. The number of alkyl halides is 6. The number of ether oxygens (including phenoxy) is 1. The van der Waals surface area contributed by atoms with Crippen LogP contribution in [-0.2, 0) is 36.4 Å². The molecule has 5 rings (SSSR count). The van der Waals surface area contributed by atoms with E-state index in [1.54, 1.807) is 7.11 Å². The van der Waals surface area contributed by atoms with Crippen LogP contribution in [0.3, 0.4) is 0 Å². The molecule has 0 spiro atoms. The molecule has 1 heterocycles. The molecule has 2 atom stereocenters. The first-order valence-electron chi connectivity index (χ1n) is 14.6. The number of nitrogens with zero attached hydrogens (tertiary/aromatic N) is 2. The molecule has 5 nitrogen and oxygen atoms in total. The summed E-state index contributed by atoms with van der Waals surface area (Å²) in [5.74, 6) is -0.0392. The van der Waals surface area contributed by atoms with Gasteiger partial charge in [-0.15, -0.1) is 0 Å². The van der Waals surface area contributed by atoms with Crippen LogP contribution in [0, 0.1) is 0 Å². The Morgan fingerprint density at radius 3 is 2.14 bits per heavy atom. The molecule has 2 aliphatic rings. The quantitative estimate of drug-likeness (QED) is 0.301. The number of fused-ring (bicyclic) bond motifs is 1. The molecule has 3 aromatic rings. The smallest absolute Gasteiger partial charge is 0.416 e. The zero-order valence-corrected chi connectivity index (χ0v) is 24.3. The Labute approximate surface area is 252 Å². The SMILES string of the molecule is COc1ccccc1C(CNC(=O)Cc1cc(C(F)(F)F)cc(C(F)(F)F)c1)N1CCN(C2CCc3ccccc3C2)CC1. The van der Waals surface area contributed by atoms with Crippen molar-refractivity contribution < 1.29 is 35.9 Å². The minimum absolute atomic E-state index is 0.0604. The first-order valence-corrected chi connectivity index (χ1v) is 14.6. The molecule has 1 amide bonds. The van der Waals surface area contributed by atoms with Crippen molar-refractivity contribution >= 4 is 5.91 Å². The van der Waals surface area contributed by atoms with Gasteiger partial charge in [0.15, 0.2) is 0 Å². The highest BCUT2D eigenvalue weighted by Gasteiger charge is 2.37. The zero-order chi connectivity index (χ0) is 31.5. The molecule has 1 aliphatic heterocycles. The van der Waals surface area contributed by atoms with Crippen LogP contribution in [0.5, 0.6) is 5.75 Å². The van der Waals surface area contributed by atoms with Crippen molar-refractivity contribution in [1.29, 1.82) is 0 Å². The molecule has 1 N–H and O–H groups in total. The lowest BCUT2D eigenvalue weighted by molar-refractivity contribution is -0.143. The Morgan fingerprint density at radius 1 is 0.886 bits per heavy atom. The number of piperazine rings is 1. The Balaban J connectivity index is 1.28. The number of para-hydroxylation sites is 1. The molecule has 2 unspecified atom stereocenters. The first kappa shape index (κ1) is 31.8. The number of rotatable bonds is 8. The lowest BCUT2D eigenvalue weighted by Gasteiger charge is -2.43. The molecule has 1 saturated heterocycles. The predicted molar refractivity (Wildman–Crippen MR) is 154 cm³/mol. The molecule has 0 aromatic heterocycles. The van der Waals surface area contributed by atoms with E-state index in [4.69, 9.17) is 4.74 Å². The van der Waals surface area contributed by atoms with Crippen LogP contribution in [0.4, 0.5) is 26.3 Å². The van der Waals surface area contributed by atoms with E-state index in [1.165, 1.54) is 11.1 Å². The molecule has 236 valence electrons. The topological polar surface area (TPSA) is 44.8 Å². The van der Waals surface area contributed by atoms with Gasteiger partial charge in [-0.2, -0.15) is 26.3 Å². The lowest BCUT2D eigenvalue weighted by Crippen LogP contribution is -2.53. The second-order valence-electron chi connectivity index (χ2n) is 11.4. The van der Waals surface area contributed by atoms with Crippen LogP contribution in [0.1, 0.15) is 45.8 Å². The molecule has 3 aromatic carbocycles. The number of carbonyl (C=O) groups is 1. The Hall–Kier alpha value is -3.57. The van der Waals surface area contributed by atoms with Gasteiger partial charge in [0.25, 0.3) is 0 Å². The van der Waals surface area contributed by atoms with E-state index in [0.717, 1.165) is 51.0 Å². The molecule has 0 bridgehead atoms. The summed E-state index contributed by atoms with van der Waals surface area (Å²) in [6.07, 6.45) is -7.44. The Morgan fingerprint density at radius 2 is 1.50 bits per heavy atom. The van der Waals surface area contributed by atoms with Gasteiger partial charge in [0.05, 0.1) is 30.7 Å². The van der Waals surface area contributed by atoms with Gasteiger partial charge in [0.2, 0.25) is 5.91 Å². The van der Waals surface area contributed by atoms with Crippen molar-refractivity contribution in [2.45, 2.75) is 50.1 Å². The number of nitrogens with one attached hydrogen (secondary N) is 1. The second kappa shape index (κ2) is 13.2. The average molecular weight is 620 g/mol. The number of carbonyl (C=O) groups excluding carboxylic acids is 1. The minimum atomic E-state index is -4.98. The number of aryl methyl sites for hydroxylation is 1. The maximum absolute atomic E-state index is 13.3. The molecule has 1 aliphatic carbocycles. The standard InChI is InChI=1S/C33H35F6N3O2/c1-44-30-9-5-4-8-28(30)29(42-14-12-41(13-15-42)27-11-10-23-6-2-3-7-24(23)19-27)21-40-31(43)18-22-16-25(32(34,35)36)20-26(17-22)33(37,38)39/h2-9,16-17,20,27,29H,10-15,18-19,21H2,1H3,(H,40,43). The minimum Gasteiger partial charge on any atom is -0.496 e. The summed E-state index contributed by atoms with van der Waals surface area (Å²) < 4.78 is 85.5. The van der Waals surface area contributed by atoms with Crippen LogP contribution < -0.4 is 10.1 Å². The summed E-state index contributed by atoms with van der Waals surface area (Å²) in [6.45, 7) is 3.22. The lowest BCUT2D eigenvalue weighted by atomic mass is 9.87. The molecule has 1 fully saturated rings. The van der Waals surface area contributed by atoms with E-state index in [1.807, 2.05) is 24.3 Å². The summed E-state index contributed by atoms with van der Waals surface area (Å²) in [5.41, 5.74) is 0.399. The number of methoxy groups -OCH3 is 1. The van der Waals surface area contributed by atoms with Crippen LogP contribution in [0.25, 0.3) is 0 Å². The van der Waals surface area contributed by atoms with Crippen molar-refractivity contribution in [3.63, 3.8) is 0 Å². The van der Waals surface area contributed by atoms with E-state index in [2.05, 4.69) is 39.4 Å². The number of benzene rings is 3. The van der Waals surface area contributed by atoms with E-state index in [9.17, 15) is 31.1 Å². The number of hydrogen-bond donors (Lipinski definition) is 1. The molecule has 0 saturated carbocycles. The monoisotopic (exact) mass is 619 g/mol. The summed E-state index contributed by atoms with van der Waals surface area (Å²) in [6, 6.07) is 17.4. The largest absolute Gasteiger partial charge is 0.496 e. The fourth-order valence-electron chi connectivity index (χ4n) is 6.36. The van der Waals surface area contributed by atoms with Crippen molar-refractivity contribution in [3.05, 3.63) is 100 Å². The normalized spacial score (nSPS) is 18.8. The van der Waals surface area contributed by atoms with Crippen molar-refractivity contribution in [1.82, 2.24) is 15.1 Å². The average Bonchev–Trinajstić information content (AvgIpc) is 3.00. The van der Waals surface area contributed by atoms with Gasteiger partial charge >= 0.3 is 12.4 Å². The van der Waals surface area contributed by atoms with Crippen LogP contribution in [0.15, 0.2) is 66.7 Å². The van der Waals surface area contributed by atoms with Gasteiger partial charge in [-0.3, -0.25) is 14.6 Å². The predicted octanol–water partition coefficient (Wildman–Crippen LogP) is 6.31. The van der Waals surface area contributed by atoms with Gasteiger partial charge < -0.3 is 10.1 Å². The molecular weight excluding hydrogens is 584 g/mol. The summed E-state index contributed by atoms with van der Waals surface area (Å²) in [4.78, 5) is 17.7. The van der Waals surface area contributed by atoms with E-state index < -0.39 is 35.8 Å². The highest BCUT2D eigenvalue weighted by molar-refractivity contribution is 5.78. The van der Waals surface area contributed by atoms with Gasteiger partial charge in [0, 0.05) is 44.3 Å². The molecule has 44 heavy (non-hydrogen) atoms. The third kappa shape index (κ3) is 7.55. The van der Waals surface area contributed by atoms with Crippen molar-refractivity contribution in [3.8, 4) is 5.75 Å². The molecule has 11 heteroatoms. The third-order valence-electron chi connectivity index (χ3n) is 8.63. The number of amides is 1.